The zero-order valence-corrected chi connectivity index (χ0v) is 12.9. The highest BCUT2D eigenvalue weighted by atomic mass is 35.5. The van der Waals surface area contributed by atoms with Crippen LogP contribution in [-0.4, -0.2) is 38.8 Å². The highest BCUT2D eigenvalue weighted by Crippen LogP contribution is 2.23. The van der Waals surface area contributed by atoms with Crippen molar-refractivity contribution in [3.8, 4) is 0 Å². The summed E-state index contributed by atoms with van der Waals surface area (Å²) in [5.41, 5.74) is 0.472. The molecule has 1 aromatic carbocycles. The number of sulfonamides is 1. The molecule has 0 saturated carbocycles. The molecule has 2 rings (SSSR count). The number of hydrogen-bond acceptors (Lipinski definition) is 3. The van der Waals surface area contributed by atoms with Crippen LogP contribution in [0.4, 0.5) is 0 Å². The van der Waals surface area contributed by atoms with Gasteiger partial charge in [0.1, 0.15) is 0 Å². The van der Waals surface area contributed by atoms with E-state index in [-0.39, 0.29) is 11.6 Å². The van der Waals surface area contributed by atoms with Gasteiger partial charge in [0, 0.05) is 19.1 Å². The minimum atomic E-state index is -3.34. The van der Waals surface area contributed by atoms with Crippen LogP contribution in [-0.2, 0) is 21.2 Å². The standard InChI is InChI=1S/C14H20ClNO3S/c15-12-14(7-9-19-10-8-14)16-20(17,18)11-6-13-4-2-1-3-5-13/h1-5,16H,6-12H2. The summed E-state index contributed by atoms with van der Waals surface area (Å²) in [4.78, 5) is 0. The minimum Gasteiger partial charge on any atom is -0.381 e. The zero-order chi connectivity index (χ0) is 14.5. The first kappa shape index (κ1) is 15.8. The van der Waals surface area contributed by atoms with Crippen molar-refractivity contribution in [2.45, 2.75) is 24.8 Å². The van der Waals surface area contributed by atoms with E-state index in [1.54, 1.807) is 0 Å². The van der Waals surface area contributed by atoms with Crippen molar-refractivity contribution in [1.82, 2.24) is 4.72 Å². The van der Waals surface area contributed by atoms with Crippen molar-refractivity contribution in [2.24, 2.45) is 0 Å². The van der Waals surface area contributed by atoms with Crippen molar-refractivity contribution in [1.29, 1.82) is 0 Å². The third-order valence-corrected chi connectivity index (χ3v) is 5.58. The molecule has 1 heterocycles. The molecule has 0 bridgehead atoms. The molecule has 112 valence electrons. The molecular formula is C14H20ClNO3S. The Labute approximate surface area is 125 Å². The molecule has 1 fully saturated rings. The Kier molecular flexibility index (Phi) is 5.43. The molecule has 1 saturated heterocycles. The summed E-state index contributed by atoms with van der Waals surface area (Å²) < 4.78 is 32.5. The van der Waals surface area contributed by atoms with Gasteiger partial charge in [-0.3, -0.25) is 0 Å². The van der Waals surface area contributed by atoms with Crippen molar-refractivity contribution in [2.75, 3.05) is 24.8 Å². The molecule has 1 N–H and O–H groups in total. The van der Waals surface area contributed by atoms with Crippen LogP contribution in [0.15, 0.2) is 30.3 Å². The van der Waals surface area contributed by atoms with Crippen LogP contribution < -0.4 is 4.72 Å². The summed E-state index contributed by atoms with van der Waals surface area (Å²) in [6.07, 6.45) is 1.76. The van der Waals surface area contributed by atoms with E-state index in [0.717, 1.165) is 5.56 Å². The average molecular weight is 318 g/mol. The molecule has 0 aromatic heterocycles. The summed E-state index contributed by atoms with van der Waals surface area (Å²) in [6.45, 7) is 1.10. The van der Waals surface area contributed by atoms with Gasteiger partial charge in [-0.15, -0.1) is 11.6 Å². The smallest absolute Gasteiger partial charge is 0.212 e. The number of rotatable bonds is 6. The quantitative estimate of drug-likeness (QED) is 0.816. The van der Waals surface area contributed by atoms with Gasteiger partial charge in [-0.05, 0) is 24.8 Å². The topological polar surface area (TPSA) is 55.4 Å². The first-order valence-electron chi connectivity index (χ1n) is 6.75. The molecule has 20 heavy (non-hydrogen) atoms. The van der Waals surface area contributed by atoms with E-state index in [4.69, 9.17) is 16.3 Å². The molecule has 6 heteroatoms. The second-order valence-corrected chi connectivity index (χ2v) is 7.29. The lowest BCUT2D eigenvalue weighted by Gasteiger charge is -2.35. The van der Waals surface area contributed by atoms with Crippen molar-refractivity contribution < 1.29 is 13.2 Å². The van der Waals surface area contributed by atoms with E-state index < -0.39 is 15.6 Å². The Hall–Kier alpha value is -0.620. The van der Waals surface area contributed by atoms with Gasteiger partial charge in [-0.2, -0.15) is 0 Å². The van der Waals surface area contributed by atoms with E-state index >= 15 is 0 Å². The van der Waals surface area contributed by atoms with E-state index in [9.17, 15) is 8.42 Å². The van der Waals surface area contributed by atoms with Crippen LogP contribution >= 0.6 is 11.6 Å². The molecule has 1 aliphatic heterocycles. The van der Waals surface area contributed by atoms with Gasteiger partial charge < -0.3 is 4.74 Å². The Morgan fingerprint density at radius 1 is 1.20 bits per heavy atom. The monoisotopic (exact) mass is 317 g/mol. The number of alkyl halides is 1. The molecule has 1 aromatic rings. The summed E-state index contributed by atoms with van der Waals surface area (Å²) in [5, 5.41) is 0. The first-order valence-corrected chi connectivity index (χ1v) is 8.93. The normalized spacial score (nSPS) is 18.9. The molecule has 0 atom stereocenters. The van der Waals surface area contributed by atoms with Gasteiger partial charge >= 0.3 is 0 Å². The van der Waals surface area contributed by atoms with E-state index in [2.05, 4.69) is 4.72 Å². The molecule has 1 aliphatic rings. The predicted molar refractivity (Wildman–Crippen MR) is 80.6 cm³/mol. The molecule has 0 aliphatic carbocycles. The molecule has 0 amide bonds. The molecule has 4 nitrogen and oxygen atoms in total. The lowest BCUT2D eigenvalue weighted by molar-refractivity contribution is 0.0549. The minimum absolute atomic E-state index is 0.0799. The van der Waals surface area contributed by atoms with Gasteiger partial charge in [0.05, 0.1) is 11.3 Å². The van der Waals surface area contributed by atoms with E-state index in [0.29, 0.717) is 32.5 Å². The summed E-state index contributed by atoms with van der Waals surface area (Å²) >= 11 is 5.98. The van der Waals surface area contributed by atoms with Crippen molar-refractivity contribution in [3.63, 3.8) is 0 Å². The lowest BCUT2D eigenvalue weighted by atomic mass is 9.94. The molecule has 0 spiro atoms. The van der Waals surface area contributed by atoms with Crippen LogP contribution in [0.3, 0.4) is 0 Å². The van der Waals surface area contributed by atoms with Crippen LogP contribution in [0.5, 0.6) is 0 Å². The number of nitrogens with one attached hydrogen (secondary N) is 1. The Bertz CT molecular complexity index is 512. The first-order chi connectivity index (χ1) is 9.55. The summed E-state index contributed by atoms with van der Waals surface area (Å²) in [5.74, 6) is 0.359. The van der Waals surface area contributed by atoms with Gasteiger partial charge in [0.25, 0.3) is 0 Å². The molecule has 0 radical (unpaired) electrons. The van der Waals surface area contributed by atoms with Crippen molar-refractivity contribution >= 4 is 21.6 Å². The highest BCUT2D eigenvalue weighted by Gasteiger charge is 2.35. The highest BCUT2D eigenvalue weighted by molar-refractivity contribution is 7.89. The molecule has 0 unspecified atom stereocenters. The number of halogens is 1. The number of benzene rings is 1. The van der Waals surface area contributed by atoms with E-state index in [1.807, 2.05) is 30.3 Å². The fraction of sp³-hybridized carbons (Fsp3) is 0.571. The van der Waals surface area contributed by atoms with Gasteiger partial charge in [0.15, 0.2) is 0 Å². The second kappa shape index (κ2) is 6.89. The predicted octanol–water partition coefficient (Wildman–Crippen LogP) is 1.94. The Balaban J connectivity index is 1.96. The zero-order valence-electron chi connectivity index (χ0n) is 11.3. The Morgan fingerprint density at radius 2 is 1.85 bits per heavy atom. The fourth-order valence-electron chi connectivity index (χ4n) is 2.30. The summed E-state index contributed by atoms with van der Waals surface area (Å²) in [6, 6.07) is 9.60. The summed E-state index contributed by atoms with van der Waals surface area (Å²) in [7, 11) is -3.34. The third kappa shape index (κ3) is 4.45. The van der Waals surface area contributed by atoms with Gasteiger partial charge in [-0.1, -0.05) is 30.3 Å². The van der Waals surface area contributed by atoms with Crippen molar-refractivity contribution in [3.05, 3.63) is 35.9 Å². The number of hydrogen-bond donors (Lipinski definition) is 1. The maximum atomic E-state index is 12.2. The van der Waals surface area contributed by atoms with Gasteiger partial charge in [0.2, 0.25) is 10.0 Å². The van der Waals surface area contributed by atoms with Crippen LogP contribution in [0.1, 0.15) is 18.4 Å². The van der Waals surface area contributed by atoms with Crippen LogP contribution in [0.25, 0.3) is 0 Å². The Morgan fingerprint density at radius 3 is 2.45 bits per heavy atom. The van der Waals surface area contributed by atoms with E-state index in [1.165, 1.54) is 0 Å². The number of aryl methyl sites for hydroxylation is 1. The maximum absolute atomic E-state index is 12.2. The average Bonchev–Trinajstić information content (AvgIpc) is 2.47. The third-order valence-electron chi connectivity index (χ3n) is 3.58. The fourth-order valence-corrected chi connectivity index (χ4v) is 4.26. The maximum Gasteiger partial charge on any atom is 0.212 e. The SMILES string of the molecule is O=S(=O)(CCc1ccccc1)NC1(CCl)CCOCC1. The lowest BCUT2D eigenvalue weighted by Crippen LogP contribution is -2.54. The molecular weight excluding hydrogens is 298 g/mol. The second-order valence-electron chi connectivity index (χ2n) is 5.18. The number of ether oxygens (including phenoxy) is 1. The largest absolute Gasteiger partial charge is 0.381 e. The van der Waals surface area contributed by atoms with Crippen LogP contribution in [0, 0.1) is 0 Å². The van der Waals surface area contributed by atoms with Gasteiger partial charge in [-0.25, -0.2) is 13.1 Å². The van der Waals surface area contributed by atoms with Crippen LogP contribution in [0.2, 0.25) is 0 Å².